The molecule has 3 rings (SSSR count). The van der Waals surface area contributed by atoms with Gasteiger partial charge in [0.1, 0.15) is 11.5 Å². The third-order valence-corrected chi connectivity index (χ3v) is 5.27. The summed E-state index contributed by atoms with van der Waals surface area (Å²) in [7, 11) is 7.36. The summed E-state index contributed by atoms with van der Waals surface area (Å²) in [5, 5.41) is 0.687. The van der Waals surface area contributed by atoms with Crippen molar-refractivity contribution < 1.29 is 19.2 Å². The summed E-state index contributed by atoms with van der Waals surface area (Å²) in [4.78, 5) is 20.9. The molecule has 3 aromatic rings. The Morgan fingerprint density at radius 3 is 2.56 bits per heavy atom. The van der Waals surface area contributed by atoms with E-state index in [1.54, 1.807) is 31.3 Å². The average molecular weight is 386 g/mol. The van der Waals surface area contributed by atoms with E-state index < -0.39 is 0 Å². The molecule has 7 heteroatoms. The first-order valence-corrected chi connectivity index (χ1v) is 9.53. The number of aromatic nitrogens is 1. The fraction of sp³-hybridized carbons (Fsp3) is 0.300. The van der Waals surface area contributed by atoms with Crippen LogP contribution in [0.2, 0.25) is 0 Å². The SMILES string of the molecule is COc1cccc(C(=O)N(CC[NH+](C)C)c2nc3cc(OC)ccc3s2)c1. The number of nitrogens with one attached hydrogen (secondary N) is 1. The molecule has 0 fully saturated rings. The van der Waals surface area contributed by atoms with Crippen molar-refractivity contribution in [3.63, 3.8) is 0 Å². The van der Waals surface area contributed by atoms with Gasteiger partial charge in [0.2, 0.25) is 0 Å². The van der Waals surface area contributed by atoms with Gasteiger partial charge in [0.15, 0.2) is 5.13 Å². The van der Waals surface area contributed by atoms with Crippen LogP contribution in [0.1, 0.15) is 10.4 Å². The minimum Gasteiger partial charge on any atom is -0.497 e. The van der Waals surface area contributed by atoms with Gasteiger partial charge in [-0.25, -0.2) is 4.98 Å². The van der Waals surface area contributed by atoms with Crippen LogP contribution in [0.25, 0.3) is 10.2 Å². The van der Waals surface area contributed by atoms with E-state index in [0.717, 1.165) is 22.5 Å². The van der Waals surface area contributed by atoms with Crippen molar-refractivity contribution in [2.45, 2.75) is 0 Å². The summed E-state index contributed by atoms with van der Waals surface area (Å²) in [6.45, 7) is 1.39. The molecule has 0 saturated heterocycles. The monoisotopic (exact) mass is 386 g/mol. The normalized spacial score (nSPS) is 11.0. The van der Waals surface area contributed by atoms with Gasteiger partial charge < -0.3 is 14.4 Å². The Kier molecular flexibility index (Phi) is 5.93. The molecular formula is C20H24N3O3S+. The minimum atomic E-state index is -0.0822. The molecule has 0 atom stereocenters. The first-order valence-electron chi connectivity index (χ1n) is 8.71. The molecule has 0 saturated carbocycles. The van der Waals surface area contributed by atoms with Crippen LogP contribution in [0, 0.1) is 0 Å². The summed E-state index contributed by atoms with van der Waals surface area (Å²) < 4.78 is 11.6. The van der Waals surface area contributed by atoms with Crippen molar-refractivity contribution in [1.29, 1.82) is 0 Å². The Morgan fingerprint density at radius 2 is 1.85 bits per heavy atom. The van der Waals surface area contributed by atoms with Gasteiger partial charge in [-0.3, -0.25) is 9.69 Å². The highest BCUT2D eigenvalue weighted by Gasteiger charge is 2.22. The zero-order chi connectivity index (χ0) is 19.4. The molecule has 0 unspecified atom stereocenters. The molecule has 0 aliphatic carbocycles. The number of benzene rings is 2. The van der Waals surface area contributed by atoms with Crippen LogP contribution in [0.5, 0.6) is 11.5 Å². The Morgan fingerprint density at radius 1 is 1.11 bits per heavy atom. The van der Waals surface area contributed by atoms with Crippen LogP contribution in [-0.4, -0.2) is 52.3 Å². The number of amides is 1. The van der Waals surface area contributed by atoms with Crippen molar-refractivity contribution in [3.05, 3.63) is 48.0 Å². The van der Waals surface area contributed by atoms with E-state index >= 15 is 0 Å². The molecule has 0 spiro atoms. The highest BCUT2D eigenvalue weighted by Crippen LogP contribution is 2.32. The molecule has 0 bridgehead atoms. The first-order chi connectivity index (χ1) is 13.0. The zero-order valence-electron chi connectivity index (χ0n) is 16.0. The third kappa shape index (κ3) is 4.37. The Balaban J connectivity index is 1.98. The van der Waals surface area contributed by atoms with Gasteiger partial charge in [0, 0.05) is 11.6 Å². The van der Waals surface area contributed by atoms with Gasteiger partial charge in [-0.05, 0) is 30.3 Å². The number of hydrogen-bond acceptors (Lipinski definition) is 5. The molecule has 0 radical (unpaired) electrons. The third-order valence-electron chi connectivity index (χ3n) is 4.21. The number of likely N-dealkylation sites (N-methyl/N-ethyl adjacent to an activating group) is 1. The molecule has 1 heterocycles. The number of rotatable bonds is 7. The van der Waals surface area contributed by atoms with Crippen molar-refractivity contribution in [3.8, 4) is 11.5 Å². The molecule has 0 aliphatic heterocycles. The van der Waals surface area contributed by atoms with Gasteiger partial charge >= 0.3 is 0 Å². The van der Waals surface area contributed by atoms with Crippen LogP contribution in [-0.2, 0) is 0 Å². The second kappa shape index (κ2) is 8.37. The standard InChI is InChI=1S/C20H23N3O3S/c1-22(2)10-11-23(19(24)14-6-5-7-15(12-14)25-3)20-21-17-13-16(26-4)8-9-18(17)27-20/h5-9,12-13H,10-11H2,1-4H3/p+1. The highest BCUT2D eigenvalue weighted by molar-refractivity contribution is 7.22. The lowest BCUT2D eigenvalue weighted by Gasteiger charge is -2.21. The molecule has 1 N–H and O–H groups in total. The maximum Gasteiger partial charge on any atom is 0.260 e. The van der Waals surface area contributed by atoms with E-state index in [4.69, 9.17) is 14.5 Å². The van der Waals surface area contributed by atoms with Crippen molar-refractivity contribution in [1.82, 2.24) is 4.98 Å². The molecule has 2 aromatic carbocycles. The molecule has 1 aromatic heterocycles. The van der Waals surface area contributed by atoms with Gasteiger partial charge in [-0.1, -0.05) is 17.4 Å². The van der Waals surface area contributed by atoms with Crippen LogP contribution in [0.15, 0.2) is 42.5 Å². The van der Waals surface area contributed by atoms with Crippen molar-refractivity contribution >= 4 is 32.6 Å². The van der Waals surface area contributed by atoms with Gasteiger partial charge in [0.25, 0.3) is 5.91 Å². The van der Waals surface area contributed by atoms with E-state index in [2.05, 4.69) is 14.1 Å². The second-order valence-corrected chi connectivity index (χ2v) is 7.49. The average Bonchev–Trinajstić information content (AvgIpc) is 3.10. The maximum absolute atomic E-state index is 13.2. The van der Waals surface area contributed by atoms with Gasteiger partial charge in [-0.15, -0.1) is 0 Å². The highest BCUT2D eigenvalue weighted by atomic mass is 32.1. The Hall–Kier alpha value is -2.64. The molecular weight excluding hydrogens is 362 g/mol. The number of fused-ring (bicyclic) bond motifs is 1. The van der Waals surface area contributed by atoms with E-state index in [-0.39, 0.29) is 5.91 Å². The molecule has 142 valence electrons. The first kappa shape index (κ1) is 19.1. The zero-order valence-corrected chi connectivity index (χ0v) is 16.8. The van der Waals surface area contributed by atoms with Crippen LogP contribution >= 0.6 is 11.3 Å². The van der Waals surface area contributed by atoms with Crippen LogP contribution in [0.3, 0.4) is 0 Å². The number of quaternary nitrogens is 1. The number of anilines is 1. The van der Waals surface area contributed by atoms with Gasteiger partial charge in [-0.2, -0.15) is 0 Å². The van der Waals surface area contributed by atoms with E-state index in [1.807, 2.05) is 30.3 Å². The maximum atomic E-state index is 13.2. The van der Waals surface area contributed by atoms with Gasteiger partial charge in [0.05, 0.1) is 51.6 Å². The predicted molar refractivity (Wildman–Crippen MR) is 109 cm³/mol. The largest absolute Gasteiger partial charge is 0.497 e. The Labute approximate surface area is 162 Å². The topological polar surface area (TPSA) is 56.1 Å². The van der Waals surface area contributed by atoms with Crippen LogP contribution in [0.4, 0.5) is 5.13 Å². The lowest BCUT2D eigenvalue weighted by atomic mass is 10.2. The van der Waals surface area contributed by atoms with Crippen molar-refractivity contribution in [2.24, 2.45) is 0 Å². The summed E-state index contributed by atoms with van der Waals surface area (Å²) in [6.07, 6.45) is 0. The number of carbonyl (C=O) groups excluding carboxylic acids is 1. The second-order valence-electron chi connectivity index (χ2n) is 6.48. The minimum absolute atomic E-state index is 0.0822. The molecule has 27 heavy (non-hydrogen) atoms. The summed E-state index contributed by atoms with van der Waals surface area (Å²) in [5.74, 6) is 1.33. The number of ether oxygens (including phenoxy) is 2. The van der Waals surface area contributed by atoms with Crippen LogP contribution < -0.4 is 19.3 Å². The smallest absolute Gasteiger partial charge is 0.260 e. The quantitative estimate of drug-likeness (QED) is 0.676. The number of carbonyl (C=O) groups is 1. The number of hydrogen-bond donors (Lipinski definition) is 1. The van der Waals surface area contributed by atoms with E-state index in [0.29, 0.717) is 23.0 Å². The number of thiazole rings is 1. The predicted octanol–water partition coefficient (Wildman–Crippen LogP) is 2.10. The molecule has 1 amide bonds. The number of methoxy groups -OCH3 is 2. The number of nitrogens with zero attached hydrogens (tertiary/aromatic N) is 2. The lowest BCUT2D eigenvalue weighted by molar-refractivity contribution is -0.856. The van der Waals surface area contributed by atoms with E-state index in [9.17, 15) is 4.79 Å². The molecule has 6 nitrogen and oxygen atoms in total. The fourth-order valence-electron chi connectivity index (χ4n) is 2.67. The molecule has 0 aliphatic rings. The van der Waals surface area contributed by atoms with E-state index in [1.165, 1.54) is 16.2 Å². The summed E-state index contributed by atoms with van der Waals surface area (Å²) >= 11 is 1.51. The van der Waals surface area contributed by atoms with Crippen molar-refractivity contribution in [2.75, 3.05) is 46.3 Å². The Bertz CT molecular complexity index is 939. The summed E-state index contributed by atoms with van der Waals surface area (Å²) in [6, 6.07) is 13.0. The fourth-order valence-corrected chi connectivity index (χ4v) is 3.64. The summed E-state index contributed by atoms with van der Waals surface area (Å²) in [5.41, 5.74) is 1.41. The lowest BCUT2D eigenvalue weighted by Crippen LogP contribution is -3.06.